The first kappa shape index (κ1) is 8.97. The standard InChI is InChI=1S/C8H18N2O/c1-6-3-8(6)10-4-7(9)5-11-2/h6-8,10H,3-5,9H2,1-2H3. The van der Waals surface area contributed by atoms with Gasteiger partial charge in [-0.1, -0.05) is 6.92 Å². The summed E-state index contributed by atoms with van der Waals surface area (Å²) in [6.45, 7) is 3.77. The highest BCUT2D eigenvalue weighted by Gasteiger charge is 2.31. The van der Waals surface area contributed by atoms with Gasteiger partial charge in [0.25, 0.3) is 0 Å². The number of nitrogens with one attached hydrogen (secondary N) is 1. The molecular weight excluding hydrogens is 140 g/mol. The van der Waals surface area contributed by atoms with Crippen LogP contribution in [0.3, 0.4) is 0 Å². The van der Waals surface area contributed by atoms with Crippen molar-refractivity contribution < 1.29 is 4.74 Å². The molecule has 0 amide bonds. The largest absolute Gasteiger partial charge is 0.383 e. The Kier molecular flexibility index (Phi) is 3.30. The van der Waals surface area contributed by atoms with Crippen molar-refractivity contribution in [1.82, 2.24) is 5.32 Å². The number of ether oxygens (including phenoxy) is 1. The first-order chi connectivity index (χ1) is 5.24. The van der Waals surface area contributed by atoms with E-state index in [2.05, 4.69) is 12.2 Å². The van der Waals surface area contributed by atoms with Gasteiger partial charge in [-0.25, -0.2) is 0 Å². The minimum atomic E-state index is 0.146. The molecule has 0 spiro atoms. The first-order valence-corrected chi connectivity index (χ1v) is 4.22. The lowest BCUT2D eigenvalue weighted by Gasteiger charge is -2.10. The quantitative estimate of drug-likeness (QED) is 0.590. The van der Waals surface area contributed by atoms with Crippen LogP contribution in [0.15, 0.2) is 0 Å². The van der Waals surface area contributed by atoms with Crippen LogP contribution in [0.25, 0.3) is 0 Å². The molecule has 1 aliphatic carbocycles. The fourth-order valence-corrected chi connectivity index (χ4v) is 1.18. The average Bonchev–Trinajstić information content (AvgIpc) is 2.63. The fourth-order valence-electron chi connectivity index (χ4n) is 1.18. The molecule has 0 aromatic carbocycles. The van der Waals surface area contributed by atoms with E-state index in [1.807, 2.05) is 0 Å². The Hall–Kier alpha value is -0.120. The minimum absolute atomic E-state index is 0.146. The second-order valence-electron chi connectivity index (χ2n) is 3.44. The molecule has 1 saturated carbocycles. The number of hydrogen-bond acceptors (Lipinski definition) is 3. The molecule has 0 aliphatic heterocycles. The molecule has 0 aromatic heterocycles. The molecule has 1 rings (SSSR count). The molecule has 3 heteroatoms. The van der Waals surface area contributed by atoms with Crippen LogP contribution in [-0.2, 0) is 4.74 Å². The summed E-state index contributed by atoms with van der Waals surface area (Å²) in [6, 6.07) is 0.866. The Bertz CT molecular complexity index is 119. The molecule has 0 bridgehead atoms. The molecule has 0 aromatic rings. The van der Waals surface area contributed by atoms with E-state index in [1.165, 1.54) is 6.42 Å². The Labute approximate surface area is 68.3 Å². The van der Waals surface area contributed by atoms with E-state index in [9.17, 15) is 0 Å². The van der Waals surface area contributed by atoms with E-state index >= 15 is 0 Å². The van der Waals surface area contributed by atoms with Crippen molar-refractivity contribution >= 4 is 0 Å². The van der Waals surface area contributed by atoms with E-state index in [0.717, 1.165) is 18.5 Å². The van der Waals surface area contributed by atoms with E-state index in [0.29, 0.717) is 6.61 Å². The van der Waals surface area contributed by atoms with Crippen molar-refractivity contribution in [2.75, 3.05) is 20.3 Å². The van der Waals surface area contributed by atoms with Gasteiger partial charge in [0.15, 0.2) is 0 Å². The maximum Gasteiger partial charge on any atom is 0.0626 e. The van der Waals surface area contributed by atoms with Gasteiger partial charge >= 0.3 is 0 Å². The van der Waals surface area contributed by atoms with Gasteiger partial charge in [0, 0.05) is 25.7 Å². The van der Waals surface area contributed by atoms with Crippen LogP contribution < -0.4 is 11.1 Å². The number of nitrogens with two attached hydrogens (primary N) is 1. The van der Waals surface area contributed by atoms with Gasteiger partial charge in [-0.15, -0.1) is 0 Å². The second-order valence-corrected chi connectivity index (χ2v) is 3.44. The number of methoxy groups -OCH3 is 1. The van der Waals surface area contributed by atoms with Gasteiger partial charge in [0.1, 0.15) is 0 Å². The smallest absolute Gasteiger partial charge is 0.0626 e. The number of hydrogen-bond donors (Lipinski definition) is 2. The highest BCUT2D eigenvalue weighted by molar-refractivity contribution is 4.90. The van der Waals surface area contributed by atoms with E-state index in [1.54, 1.807) is 7.11 Å². The molecule has 3 nitrogen and oxygen atoms in total. The van der Waals surface area contributed by atoms with Crippen molar-refractivity contribution in [2.24, 2.45) is 11.7 Å². The normalized spacial score (nSPS) is 31.9. The molecule has 0 radical (unpaired) electrons. The van der Waals surface area contributed by atoms with E-state index in [4.69, 9.17) is 10.5 Å². The Morgan fingerprint density at radius 1 is 1.73 bits per heavy atom. The Morgan fingerprint density at radius 2 is 2.36 bits per heavy atom. The van der Waals surface area contributed by atoms with Gasteiger partial charge in [-0.3, -0.25) is 0 Å². The summed E-state index contributed by atoms with van der Waals surface area (Å²) in [6.07, 6.45) is 1.31. The third kappa shape index (κ3) is 3.18. The predicted molar refractivity (Wildman–Crippen MR) is 45.4 cm³/mol. The van der Waals surface area contributed by atoms with Crippen molar-refractivity contribution in [3.8, 4) is 0 Å². The zero-order valence-corrected chi connectivity index (χ0v) is 7.34. The summed E-state index contributed by atoms with van der Waals surface area (Å²) in [5, 5.41) is 3.39. The highest BCUT2D eigenvalue weighted by atomic mass is 16.5. The molecule has 0 heterocycles. The molecular formula is C8H18N2O. The van der Waals surface area contributed by atoms with Gasteiger partial charge in [0.05, 0.1) is 6.61 Å². The van der Waals surface area contributed by atoms with Crippen molar-refractivity contribution in [2.45, 2.75) is 25.4 Å². The maximum atomic E-state index is 5.72. The van der Waals surface area contributed by atoms with Gasteiger partial charge in [-0.05, 0) is 12.3 Å². The Morgan fingerprint density at radius 3 is 2.82 bits per heavy atom. The lowest BCUT2D eigenvalue weighted by molar-refractivity contribution is 0.178. The molecule has 11 heavy (non-hydrogen) atoms. The summed E-state index contributed by atoms with van der Waals surface area (Å²) < 4.78 is 4.92. The summed E-state index contributed by atoms with van der Waals surface area (Å²) in [5.74, 6) is 0.852. The zero-order chi connectivity index (χ0) is 8.27. The molecule has 66 valence electrons. The first-order valence-electron chi connectivity index (χ1n) is 4.22. The second kappa shape index (κ2) is 4.04. The van der Waals surface area contributed by atoms with Crippen LogP contribution in [0.5, 0.6) is 0 Å². The van der Waals surface area contributed by atoms with Crippen LogP contribution >= 0.6 is 0 Å². The topological polar surface area (TPSA) is 47.3 Å². The van der Waals surface area contributed by atoms with E-state index in [-0.39, 0.29) is 6.04 Å². The monoisotopic (exact) mass is 158 g/mol. The SMILES string of the molecule is COCC(N)CNC1CC1C. The lowest BCUT2D eigenvalue weighted by atomic mass is 10.3. The van der Waals surface area contributed by atoms with Gasteiger partial charge in [0.2, 0.25) is 0 Å². The van der Waals surface area contributed by atoms with Crippen LogP contribution in [0.2, 0.25) is 0 Å². The molecule has 3 atom stereocenters. The van der Waals surface area contributed by atoms with Crippen LogP contribution in [-0.4, -0.2) is 32.3 Å². The molecule has 1 fully saturated rings. The summed E-state index contributed by atoms with van der Waals surface area (Å²) in [7, 11) is 1.68. The van der Waals surface area contributed by atoms with Crippen molar-refractivity contribution in [3.05, 3.63) is 0 Å². The Balaban J connectivity index is 1.94. The zero-order valence-electron chi connectivity index (χ0n) is 7.34. The van der Waals surface area contributed by atoms with Crippen LogP contribution in [0.4, 0.5) is 0 Å². The van der Waals surface area contributed by atoms with Gasteiger partial charge < -0.3 is 15.8 Å². The lowest BCUT2D eigenvalue weighted by Crippen LogP contribution is -2.38. The average molecular weight is 158 g/mol. The molecule has 3 unspecified atom stereocenters. The fraction of sp³-hybridized carbons (Fsp3) is 1.00. The van der Waals surface area contributed by atoms with Gasteiger partial charge in [-0.2, -0.15) is 0 Å². The van der Waals surface area contributed by atoms with E-state index < -0.39 is 0 Å². The molecule has 3 N–H and O–H groups in total. The highest BCUT2D eigenvalue weighted by Crippen LogP contribution is 2.28. The van der Waals surface area contributed by atoms with Crippen molar-refractivity contribution in [3.63, 3.8) is 0 Å². The number of rotatable bonds is 5. The third-order valence-electron chi connectivity index (χ3n) is 2.13. The van der Waals surface area contributed by atoms with Crippen molar-refractivity contribution in [1.29, 1.82) is 0 Å². The summed E-state index contributed by atoms with van der Waals surface area (Å²) in [5.41, 5.74) is 5.72. The summed E-state index contributed by atoms with van der Waals surface area (Å²) >= 11 is 0. The van der Waals surface area contributed by atoms with Crippen LogP contribution in [0, 0.1) is 5.92 Å². The minimum Gasteiger partial charge on any atom is -0.383 e. The predicted octanol–water partition coefficient (Wildman–Crippen LogP) is -0.0419. The molecule has 1 aliphatic rings. The summed E-state index contributed by atoms with van der Waals surface area (Å²) in [4.78, 5) is 0. The third-order valence-corrected chi connectivity index (χ3v) is 2.13. The molecule has 0 saturated heterocycles. The van der Waals surface area contributed by atoms with Crippen LogP contribution in [0.1, 0.15) is 13.3 Å². The maximum absolute atomic E-state index is 5.72.